The zero-order chi connectivity index (χ0) is 22.2. The van der Waals surface area contributed by atoms with Crippen LogP contribution in [0.4, 0.5) is 18.9 Å². The van der Waals surface area contributed by atoms with Gasteiger partial charge in [-0.1, -0.05) is 0 Å². The molecule has 2 aliphatic rings. The second kappa shape index (κ2) is 7.93. The third-order valence-corrected chi connectivity index (χ3v) is 5.20. The van der Waals surface area contributed by atoms with Crippen LogP contribution in [0.3, 0.4) is 0 Å². The lowest BCUT2D eigenvalue weighted by Crippen LogP contribution is -2.66. The van der Waals surface area contributed by atoms with Crippen LogP contribution in [-0.4, -0.2) is 66.3 Å². The van der Waals surface area contributed by atoms with E-state index >= 15 is 0 Å². The number of carbonyl (C=O) groups is 2. The largest absolute Gasteiger partial charge is 0.437 e. The minimum Gasteiger partial charge on any atom is -0.376 e. The molecule has 2 fully saturated rings. The quantitative estimate of drug-likeness (QED) is 0.725. The summed E-state index contributed by atoms with van der Waals surface area (Å²) in [5.74, 6) is -2.50. The molecule has 0 aliphatic carbocycles. The molecule has 4 rings (SSSR count). The summed E-state index contributed by atoms with van der Waals surface area (Å²) >= 11 is 0. The summed E-state index contributed by atoms with van der Waals surface area (Å²) in [7, 11) is 0. The fourth-order valence-corrected chi connectivity index (χ4v) is 3.79. The monoisotopic (exact) mass is 435 g/mol. The Morgan fingerprint density at radius 3 is 2.61 bits per heavy atom. The molecule has 1 spiro atoms. The number of halogens is 3. The van der Waals surface area contributed by atoms with Crippen molar-refractivity contribution >= 4 is 17.5 Å². The molecule has 2 amide bonds. The number of amides is 2. The van der Waals surface area contributed by atoms with Crippen LogP contribution in [0.1, 0.15) is 16.1 Å². The van der Waals surface area contributed by atoms with Gasteiger partial charge in [0.2, 0.25) is 0 Å². The summed E-state index contributed by atoms with van der Waals surface area (Å²) in [6.45, 7) is 1.28. The maximum atomic E-state index is 14.6. The number of hydrogen-bond donors (Lipinski definition) is 0. The summed E-state index contributed by atoms with van der Waals surface area (Å²) < 4.78 is 53.0. The van der Waals surface area contributed by atoms with Crippen molar-refractivity contribution < 1.29 is 32.2 Å². The number of pyridine rings is 1. The van der Waals surface area contributed by atoms with E-state index in [9.17, 15) is 22.8 Å². The Morgan fingerprint density at radius 1 is 1.16 bits per heavy atom. The number of hydrogen-bond acceptors (Lipinski definition) is 5. The zero-order valence-corrected chi connectivity index (χ0v) is 16.7. The summed E-state index contributed by atoms with van der Waals surface area (Å²) in [5, 5.41) is 0. The lowest BCUT2D eigenvalue weighted by atomic mass is 10.00. The van der Waals surface area contributed by atoms with Gasteiger partial charge in [-0.2, -0.15) is 8.78 Å². The molecular weight excluding hydrogens is 415 g/mol. The molecule has 164 valence electrons. The molecule has 3 heterocycles. The lowest BCUT2D eigenvalue weighted by Gasteiger charge is -2.45. The van der Waals surface area contributed by atoms with Gasteiger partial charge in [-0.05, 0) is 43.3 Å². The number of rotatable bonds is 2. The van der Waals surface area contributed by atoms with Crippen LogP contribution in [0, 0.1) is 12.7 Å². The maximum Gasteiger partial charge on any atom is 0.437 e. The van der Waals surface area contributed by atoms with Gasteiger partial charge >= 0.3 is 12.0 Å². The van der Waals surface area contributed by atoms with Gasteiger partial charge < -0.3 is 14.5 Å². The number of aromatic nitrogens is 1. The van der Waals surface area contributed by atoms with Gasteiger partial charge in [-0.3, -0.25) is 19.3 Å². The minimum atomic E-state index is -4.14. The average Bonchev–Trinajstić information content (AvgIpc) is 2.93. The van der Waals surface area contributed by atoms with Gasteiger partial charge in [-0.15, -0.1) is 0 Å². The highest BCUT2D eigenvalue weighted by molar-refractivity contribution is 5.98. The fraction of sp³-hybridized carbons (Fsp3) is 0.381. The fourth-order valence-electron chi connectivity index (χ4n) is 3.79. The van der Waals surface area contributed by atoms with Crippen LogP contribution in [0.25, 0.3) is 0 Å². The van der Waals surface area contributed by atoms with Crippen LogP contribution in [-0.2, 0) is 14.3 Å². The number of benzene rings is 1. The standard InChI is InChI=1S/C21H20F3N3O4/c1-14-10-15(6-7-25-14)18(28)26-8-9-30-13-20(11-26)12-27(19(29)21(23,24)31-20)17-4-2-16(22)3-5-17/h2-7,10H,8-9,11-13H2,1H3. The van der Waals surface area contributed by atoms with Crippen molar-refractivity contribution in [3.63, 3.8) is 0 Å². The van der Waals surface area contributed by atoms with Crippen LogP contribution < -0.4 is 4.90 Å². The van der Waals surface area contributed by atoms with E-state index in [1.54, 1.807) is 19.1 Å². The first-order valence-corrected chi connectivity index (χ1v) is 9.64. The lowest BCUT2D eigenvalue weighted by molar-refractivity contribution is -0.293. The number of anilines is 1. The van der Waals surface area contributed by atoms with E-state index in [1.807, 2.05) is 0 Å². The Labute approximate surface area is 176 Å². The predicted molar refractivity (Wildman–Crippen MR) is 103 cm³/mol. The SMILES string of the molecule is Cc1cc(C(=O)N2CCOCC3(C2)CN(c2ccc(F)cc2)C(=O)C(F)(F)O3)ccn1. The first-order chi connectivity index (χ1) is 14.7. The Balaban J connectivity index is 1.65. The van der Waals surface area contributed by atoms with E-state index in [0.29, 0.717) is 11.3 Å². The summed E-state index contributed by atoms with van der Waals surface area (Å²) in [5.41, 5.74) is -0.570. The summed E-state index contributed by atoms with van der Waals surface area (Å²) in [4.78, 5) is 31.6. The van der Waals surface area contributed by atoms with Crippen molar-refractivity contribution in [1.82, 2.24) is 9.88 Å². The Morgan fingerprint density at radius 2 is 1.90 bits per heavy atom. The molecule has 1 aromatic heterocycles. The molecule has 0 bridgehead atoms. The average molecular weight is 435 g/mol. The molecule has 0 saturated carbocycles. The third-order valence-electron chi connectivity index (χ3n) is 5.20. The molecule has 1 aromatic carbocycles. The molecule has 2 aliphatic heterocycles. The molecule has 1 atom stereocenters. The Kier molecular flexibility index (Phi) is 5.44. The van der Waals surface area contributed by atoms with Crippen LogP contribution in [0.2, 0.25) is 0 Å². The van der Waals surface area contributed by atoms with E-state index in [1.165, 1.54) is 23.2 Å². The van der Waals surface area contributed by atoms with Crippen molar-refractivity contribution in [2.45, 2.75) is 18.6 Å². The van der Waals surface area contributed by atoms with Crippen LogP contribution >= 0.6 is 0 Å². The van der Waals surface area contributed by atoms with Crippen LogP contribution in [0.15, 0.2) is 42.6 Å². The van der Waals surface area contributed by atoms with E-state index in [0.717, 1.165) is 17.0 Å². The summed E-state index contributed by atoms with van der Waals surface area (Å²) in [6, 6.07) is 7.77. The van der Waals surface area contributed by atoms with Gasteiger partial charge in [0.15, 0.2) is 0 Å². The van der Waals surface area contributed by atoms with E-state index < -0.39 is 23.4 Å². The Bertz CT molecular complexity index is 1000. The molecule has 0 N–H and O–H groups in total. The molecule has 2 aromatic rings. The highest BCUT2D eigenvalue weighted by Gasteiger charge is 2.58. The van der Waals surface area contributed by atoms with E-state index in [-0.39, 0.29) is 44.4 Å². The maximum absolute atomic E-state index is 14.6. The first kappa shape index (κ1) is 21.3. The first-order valence-electron chi connectivity index (χ1n) is 9.64. The highest BCUT2D eigenvalue weighted by Crippen LogP contribution is 2.37. The normalized spacial score (nSPS) is 23.7. The summed E-state index contributed by atoms with van der Waals surface area (Å²) in [6.07, 6.45) is -2.64. The van der Waals surface area contributed by atoms with Crippen molar-refractivity contribution in [1.29, 1.82) is 0 Å². The molecule has 10 heteroatoms. The second-order valence-electron chi connectivity index (χ2n) is 7.63. The van der Waals surface area contributed by atoms with Crippen molar-refractivity contribution in [2.24, 2.45) is 0 Å². The Hall–Kier alpha value is -2.98. The van der Waals surface area contributed by atoms with Gasteiger partial charge in [0.1, 0.15) is 11.4 Å². The van der Waals surface area contributed by atoms with Gasteiger partial charge in [-0.25, -0.2) is 4.39 Å². The number of alkyl halides is 2. The minimum absolute atomic E-state index is 0.0978. The smallest absolute Gasteiger partial charge is 0.376 e. The third kappa shape index (κ3) is 4.26. The van der Waals surface area contributed by atoms with Crippen molar-refractivity contribution in [3.05, 3.63) is 59.7 Å². The number of carbonyl (C=O) groups excluding carboxylic acids is 2. The molecule has 7 nitrogen and oxygen atoms in total. The second-order valence-corrected chi connectivity index (χ2v) is 7.63. The molecule has 2 saturated heterocycles. The van der Waals surface area contributed by atoms with Gasteiger partial charge in [0.25, 0.3) is 5.91 Å². The topological polar surface area (TPSA) is 72.0 Å². The van der Waals surface area contributed by atoms with E-state index in [4.69, 9.17) is 9.47 Å². The molecule has 1 unspecified atom stereocenters. The number of ether oxygens (including phenoxy) is 2. The molecule has 31 heavy (non-hydrogen) atoms. The zero-order valence-electron chi connectivity index (χ0n) is 16.7. The van der Waals surface area contributed by atoms with Crippen LogP contribution in [0.5, 0.6) is 0 Å². The number of morpholine rings is 1. The molecule has 0 radical (unpaired) electrons. The van der Waals surface area contributed by atoms with Gasteiger partial charge in [0, 0.05) is 29.7 Å². The van der Waals surface area contributed by atoms with Crippen molar-refractivity contribution in [3.8, 4) is 0 Å². The van der Waals surface area contributed by atoms with E-state index in [2.05, 4.69) is 4.98 Å². The number of nitrogens with zero attached hydrogens (tertiary/aromatic N) is 3. The highest BCUT2D eigenvalue weighted by atomic mass is 19.3. The van der Waals surface area contributed by atoms with Crippen molar-refractivity contribution in [2.75, 3.05) is 37.7 Å². The molecular formula is C21H20F3N3O4. The number of aryl methyl sites for hydroxylation is 1. The predicted octanol–water partition coefficient (Wildman–Crippen LogP) is 2.40. The van der Waals surface area contributed by atoms with Gasteiger partial charge in [0.05, 0.1) is 26.3 Å².